The number of ether oxygens (including phenoxy) is 1. The summed E-state index contributed by atoms with van der Waals surface area (Å²) in [7, 11) is 1.80. The number of rotatable bonds is 8. The van der Waals surface area contributed by atoms with Gasteiger partial charge < -0.3 is 15.0 Å². The molecule has 29 heavy (non-hydrogen) atoms. The molecule has 1 fully saturated rings. The standard InChI is InChI=1S/C19H24N8OS/c1-20-16-22-17(26-10-6-3-7-11-26)24-18(23-16)27-14-21-19(25-27)29-13-12-28-15-8-4-2-5-9-15/h2,4-5,8-9,14H,3,6-7,10-13H2,1H3,(H,20,22,23,24). The Morgan fingerprint density at radius 1 is 1.03 bits per heavy atom. The van der Waals surface area contributed by atoms with Crippen LogP contribution >= 0.6 is 11.8 Å². The Hall–Kier alpha value is -2.88. The van der Waals surface area contributed by atoms with Crippen molar-refractivity contribution in [2.45, 2.75) is 24.4 Å². The first-order valence-corrected chi connectivity index (χ1v) is 10.7. The number of para-hydroxylation sites is 1. The molecule has 4 rings (SSSR count). The van der Waals surface area contributed by atoms with Crippen molar-refractivity contribution in [3.8, 4) is 11.7 Å². The van der Waals surface area contributed by atoms with Crippen molar-refractivity contribution in [1.29, 1.82) is 0 Å². The van der Waals surface area contributed by atoms with Crippen LogP contribution in [0.15, 0.2) is 41.8 Å². The first kappa shape index (κ1) is 19.4. The van der Waals surface area contributed by atoms with Crippen LogP contribution in [-0.2, 0) is 0 Å². The predicted molar refractivity (Wildman–Crippen MR) is 113 cm³/mol. The van der Waals surface area contributed by atoms with Gasteiger partial charge in [-0.05, 0) is 31.4 Å². The number of nitrogens with one attached hydrogen (secondary N) is 1. The second-order valence-electron chi connectivity index (χ2n) is 6.54. The molecule has 2 aromatic heterocycles. The molecule has 1 aromatic carbocycles. The maximum atomic E-state index is 5.70. The van der Waals surface area contributed by atoms with Gasteiger partial charge in [0.15, 0.2) is 0 Å². The Kier molecular flexibility index (Phi) is 6.40. The fourth-order valence-electron chi connectivity index (χ4n) is 3.02. The summed E-state index contributed by atoms with van der Waals surface area (Å²) in [6.07, 6.45) is 5.20. The van der Waals surface area contributed by atoms with Gasteiger partial charge in [0.2, 0.25) is 17.1 Å². The van der Waals surface area contributed by atoms with Gasteiger partial charge in [0.1, 0.15) is 12.1 Å². The first-order chi connectivity index (χ1) is 14.3. The normalized spacial score (nSPS) is 14.0. The Morgan fingerprint density at radius 2 is 1.83 bits per heavy atom. The summed E-state index contributed by atoms with van der Waals surface area (Å²) in [6.45, 7) is 2.51. The molecule has 3 heterocycles. The lowest BCUT2D eigenvalue weighted by molar-refractivity contribution is 0.344. The predicted octanol–water partition coefficient (Wildman–Crippen LogP) is 2.66. The summed E-state index contributed by atoms with van der Waals surface area (Å²) in [5.41, 5.74) is 0. The van der Waals surface area contributed by atoms with Crippen molar-refractivity contribution in [3.05, 3.63) is 36.7 Å². The zero-order chi connectivity index (χ0) is 19.9. The Balaban J connectivity index is 1.40. The number of thioether (sulfide) groups is 1. The Labute approximate surface area is 173 Å². The molecule has 10 heteroatoms. The molecule has 0 aliphatic carbocycles. The summed E-state index contributed by atoms with van der Waals surface area (Å²) >= 11 is 1.53. The van der Waals surface area contributed by atoms with Gasteiger partial charge in [0.05, 0.1) is 6.61 Å². The number of anilines is 2. The third kappa shape index (κ3) is 5.14. The van der Waals surface area contributed by atoms with Gasteiger partial charge in [-0.3, -0.25) is 0 Å². The maximum Gasteiger partial charge on any atom is 0.258 e. The Morgan fingerprint density at radius 3 is 2.62 bits per heavy atom. The zero-order valence-corrected chi connectivity index (χ0v) is 17.2. The van der Waals surface area contributed by atoms with E-state index in [4.69, 9.17) is 4.74 Å². The highest BCUT2D eigenvalue weighted by molar-refractivity contribution is 7.99. The number of piperidine rings is 1. The first-order valence-electron chi connectivity index (χ1n) is 9.73. The largest absolute Gasteiger partial charge is 0.493 e. The molecule has 152 valence electrons. The lowest BCUT2D eigenvalue weighted by Crippen LogP contribution is -2.31. The third-order valence-electron chi connectivity index (χ3n) is 4.48. The van der Waals surface area contributed by atoms with Gasteiger partial charge >= 0.3 is 0 Å². The van der Waals surface area contributed by atoms with Gasteiger partial charge in [0, 0.05) is 25.9 Å². The molecular weight excluding hydrogens is 388 g/mol. The van der Waals surface area contributed by atoms with E-state index < -0.39 is 0 Å². The lowest BCUT2D eigenvalue weighted by atomic mass is 10.1. The molecule has 0 saturated carbocycles. The van der Waals surface area contributed by atoms with Crippen LogP contribution in [0.3, 0.4) is 0 Å². The van der Waals surface area contributed by atoms with E-state index in [-0.39, 0.29) is 0 Å². The monoisotopic (exact) mass is 412 g/mol. The molecule has 0 radical (unpaired) electrons. The van der Waals surface area contributed by atoms with E-state index in [1.807, 2.05) is 30.3 Å². The number of hydrogen-bond donors (Lipinski definition) is 1. The van der Waals surface area contributed by atoms with Crippen molar-refractivity contribution in [3.63, 3.8) is 0 Å². The summed E-state index contributed by atoms with van der Waals surface area (Å²) in [5.74, 6) is 3.28. The van der Waals surface area contributed by atoms with Gasteiger partial charge in [-0.15, -0.1) is 5.10 Å². The molecule has 1 N–H and O–H groups in total. The van der Waals surface area contributed by atoms with Crippen molar-refractivity contribution >= 4 is 23.7 Å². The average Bonchev–Trinajstić information content (AvgIpc) is 3.27. The minimum atomic E-state index is 0.463. The van der Waals surface area contributed by atoms with E-state index in [0.29, 0.717) is 29.6 Å². The fraction of sp³-hybridized carbons (Fsp3) is 0.421. The van der Waals surface area contributed by atoms with Crippen LogP contribution in [0.1, 0.15) is 19.3 Å². The number of nitrogens with zero attached hydrogens (tertiary/aromatic N) is 7. The lowest BCUT2D eigenvalue weighted by Gasteiger charge is -2.26. The molecule has 1 aliphatic rings. The summed E-state index contributed by atoms with van der Waals surface area (Å²) < 4.78 is 7.30. The van der Waals surface area contributed by atoms with Crippen molar-refractivity contribution in [1.82, 2.24) is 29.7 Å². The molecule has 9 nitrogen and oxygen atoms in total. The van der Waals surface area contributed by atoms with Crippen LogP contribution in [0.5, 0.6) is 5.75 Å². The molecule has 0 atom stereocenters. The van der Waals surface area contributed by atoms with E-state index in [0.717, 1.165) is 37.4 Å². The van der Waals surface area contributed by atoms with E-state index in [1.165, 1.54) is 18.2 Å². The zero-order valence-electron chi connectivity index (χ0n) is 16.4. The quantitative estimate of drug-likeness (QED) is 0.442. The summed E-state index contributed by atoms with van der Waals surface area (Å²) in [4.78, 5) is 20.1. The van der Waals surface area contributed by atoms with E-state index in [2.05, 4.69) is 35.3 Å². The van der Waals surface area contributed by atoms with E-state index in [9.17, 15) is 0 Å². The molecule has 3 aromatic rings. The molecule has 0 amide bonds. The van der Waals surface area contributed by atoms with Gasteiger partial charge in [-0.25, -0.2) is 4.98 Å². The molecular formula is C19H24N8OS. The van der Waals surface area contributed by atoms with E-state index >= 15 is 0 Å². The highest BCUT2D eigenvalue weighted by Crippen LogP contribution is 2.19. The smallest absolute Gasteiger partial charge is 0.258 e. The van der Waals surface area contributed by atoms with Crippen LogP contribution in [0.2, 0.25) is 0 Å². The van der Waals surface area contributed by atoms with Crippen LogP contribution in [-0.4, -0.2) is 62.2 Å². The molecule has 0 spiro atoms. The van der Waals surface area contributed by atoms with Crippen molar-refractivity contribution in [2.24, 2.45) is 0 Å². The van der Waals surface area contributed by atoms with Crippen LogP contribution < -0.4 is 15.0 Å². The van der Waals surface area contributed by atoms with Crippen LogP contribution in [0, 0.1) is 0 Å². The second-order valence-corrected chi connectivity index (χ2v) is 7.60. The third-order valence-corrected chi connectivity index (χ3v) is 5.29. The van der Waals surface area contributed by atoms with Crippen molar-refractivity contribution < 1.29 is 4.74 Å². The van der Waals surface area contributed by atoms with Crippen LogP contribution in [0.25, 0.3) is 5.95 Å². The van der Waals surface area contributed by atoms with E-state index in [1.54, 1.807) is 18.1 Å². The SMILES string of the molecule is CNc1nc(N2CCCCC2)nc(-n2cnc(SCCOc3ccccc3)n2)n1. The molecule has 1 saturated heterocycles. The average molecular weight is 413 g/mol. The minimum Gasteiger partial charge on any atom is -0.493 e. The molecule has 0 bridgehead atoms. The Bertz CT molecular complexity index is 914. The maximum absolute atomic E-state index is 5.70. The number of benzene rings is 1. The second kappa shape index (κ2) is 9.55. The van der Waals surface area contributed by atoms with Gasteiger partial charge in [-0.2, -0.15) is 19.6 Å². The highest BCUT2D eigenvalue weighted by Gasteiger charge is 2.17. The number of hydrogen-bond acceptors (Lipinski definition) is 9. The minimum absolute atomic E-state index is 0.463. The molecule has 0 unspecified atom stereocenters. The van der Waals surface area contributed by atoms with Crippen molar-refractivity contribution in [2.75, 3.05) is 42.7 Å². The summed E-state index contributed by atoms with van der Waals surface area (Å²) in [5, 5.41) is 8.17. The highest BCUT2D eigenvalue weighted by atomic mass is 32.2. The topological polar surface area (TPSA) is 93.9 Å². The fourth-order valence-corrected chi connectivity index (χ4v) is 3.64. The van der Waals surface area contributed by atoms with Gasteiger partial charge in [-0.1, -0.05) is 30.0 Å². The van der Waals surface area contributed by atoms with Gasteiger partial charge in [0.25, 0.3) is 5.95 Å². The summed E-state index contributed by atoms with van der Waals surface area (Å²) in [6, 6.07) is 9.76. The number of aromatic nitrogens is 6. The molecule has 1 aliphatic heterocycles. The van der Waals surface area contributed by atoms with Crippen LogP contribution in [0.4, 0.5) is 11.9 Å².